The van der Waals surface area contributed by atoms with Crippen molar-refractivity contribution in [3.8, 4) is 5.75 Å². The van der Waals surface area contributed by atoms with Crippen LogP contribution in [0.4, 0.5) is 0 Å². The van der Waals surface area contributed by atoms with Crippen LogP contribution in [0.1, 0.15) is 24.5 Å². The molecule has 0 heterocycles. The van der Waals surface area contributed by atoms with Crippen LogP contribution in [0.2, 0.25) is 10.0 Å². The zero-order valence-corrected chi connectivity index (χ0v) is 14.6. The molecule has 0 amide bonds. The van der Waals surface area contributed by atoms with E-state index in [9.17, 15) is 5.11 Å². The smallest absolute Gasteiger partial charge is 0.124 e. The van der Waals surface area contributed by atoms with Crippen LogP contribution in [0.3, 0.4) is 0 Å². The third kappa shape index (κ3) is 5.40. The van der Waals surface area contributed by atoms with Crippen molar-refractivity contribution in [3.05, 3.63) is 63.6 Å². The van der Waals surface area contributed by atoms with Crippen LogP contribution in [0.5, 0.6) is 5.75 Å². The van der Waals surface area contributed by atoms with Crippen molar-refractivity contribution in [2.24, 2.45) is 0 Å². The number of aliphatic hydroxyl groups excluding tert-OH is 1. The molecule has 0 saturated carbocycles. The highest BCUT2D eigenvalue weighted by Gasteiger charge is 2.09. The maximum atomic E-state index is 9.28. The highest BCUT2D eigenvalue weighted by atomic mass is 35.5. The normalized spacial score (nSPS) is 12.2. The molecule has 2 N–H and O–H groups in total. The van der Waals surface area contributed by atoms with Crippen LogP contribution in [0.25, 0.3) is 0 Å². The molecule has 0 aliphatic heterocycles. The van der Waals surface area contributed by atoms with Crippen molar-refractivity contribution < 1.29 is 9.84 Å². The standard InChI is InChI=1S/C18H21Cl2NO2/c1-2-16(11-22)21-10-14-9-15(19)7-8-18(14)23-12-13-5-3-4-6-17(13)20/h3-9,16,21-22H,2,10-12H2,1H3/t16-/m0/s1. The molecule has 0 aliphatic rings. The maximum absolute atomic E-state index is 9.28. The fourth-order valence-corrected chi connectivity index (χ4v) is 2.58. The topological polar surface area (TPSA) is 41.5 Å². The van der Waals surface area contributed by atoms with Gasteiger partial charge in [-0.2, -0.15) is 0 Å². The van der Waals surface area contributed by atoms with E-state index in [0.717, 1.165) is 23.3 Å². The highest BCUT2D eigenvalue weighted by molar-refractivity contribution is 6.31. The fraction of sp³-hybridized carbons (Fsp3) is 0.333. The summed E-state index contributed by atoms with van der Waals surface area (Å²) in [6, 6.07) is 13.2. The summed E-state index contributed by atoms with van der Waals surface area (Å²) in [6.07, 6.45) is 0.854. The first-order valence-corrected chi connectivity index (χ1v) is 8.38. The Morgan fingerprint density at radius 2 is 1.91 bits per heavy atom. The van der Waals surface area contributed by atoms with Crippen LogP contribution in [0, 0.1) is 0 Å². The van der Waals surface area contributed by atoms with Gasteiger partial charge in [-0.15, -0.1) is 0 Å². The van der Waals surface area contributed by atoms with E-state index in [2.05, 4.69) is 5.32 Å². The summed E-state index contributed by atoms with van der Waals surface area (Å²) in [5, 5.41) is 13.9. The largest absolute Gasteiger partial charge is 0.489 e. The Labute approximate surface area is 147 Å². The van der Waals surface area contributed by atoms with Crippen molar-refractivity contribution in [1.82, 2.24) is 5.32 Å². The summed E-state index contributed by atoms with van der Waals surface area (Å²) in [7, 11) is 0. The Kier molecular flexibility index (Phi) is 7.18. The van der Waals surface area contributed by atoms with Gasteiger partial charge in [0.15, 0.2) is 0 Å². The van der Waals surface area contributed by atoms with Crippen LogP contribution in [-0.2, 0) is 13.2 Å². The molecule has 0 fully saturated rings. The molecular formula is C18H21Cl2NO2. The Morgan fingerprint density at radius 3 is 2.61 bits per heavy atom. The van der Waals surface area contributed by atoms with Crippen molar-refractivity contribution in [1.29, 1.82) is 0 Å². The van der Waals surface area contributed by atoms with Gasteiger partial charge >= 0.3 is 0 Å². The van der Waals surface area contributed by atoms with Gasteiger partial charge in [0.05, 0.1) is 6.61 Å². The van der Waals surface area contributed by atoms with Crippen molar-refractivity contribution in [2.75, 3.05) is 6.61 Å². The van der Waals surface area contributed by atoms with Gasteiger partial charge in [-0.3, -0.25) is 0 Å². The number of aliphatic hydroxyl groups is 1. The SMILES string of the molecule is CC[C@@H](CO)NCc1cc(Cl)ccc1OCc1ccccc1Cl. The van der Waals surface area contributed by atoms with Crippen LogP contribution in [0.15, 0.2) is 42.5 Å². The average molecular weight is 354 g/mol. The Balaban J connectivity index is 2.07. The molecule has 23 heavy (non-hydrogen) atoms. The van der Waals surface area contributed by atoms with Gasteiger partial charge in [-0.05, 0) is 30.7 Å². The predicted octanol–water partition coefficient (Wildman–Crippen LogP) is 4.43. The molecule has 0 saturated heterocycles. The van der Waals surface area contributed by atoms with E-state index in [1.54, 1.807) is 6.07 Å². The summed E-state index contributed by atoms with van der Waals surface area (Å²) >= 11 is 12.2. The van der Waals surface area contributed by atoms with E-state index in [0.29, 0.717) is 23.2 Å². The van der Waals surface area contributed by atoms with Crippen molar-refractivity contribution >= 4 is 23.2 Å². The first-order valence-electron chi connectivity index (χ1n) is 7.63. The van der Waals surface area contributed by atoms with E-state index in [1.807, 2.05) is 43.3 Å². The van der Waals surface area contributed by atoms with E-state index in [1.165, 1.54) is 0 Å². The van der Waals surface area contributed by atoms with Gasteiger partial charge in [0.1, 0.15) is 12.4 Å². The van der Waals surface area contributed by atoms with Gasteiger partial charge < -0.3 is 15.2 Å². The number of hydrogen-bond donors (Lipinski definition) is 2. The lowest BCUT2D eigenvalue weighted by Gasteiger charge is -2.17. The van der Waals surface area contributed by atoms with Gasteiger partial charge in [-0.1, -0.05) is 48.3 Å². The van der Waals surface area contributed by atoms with Crippen molar-refractivity contribution in [3.63, 3.8) is 0 Å². The molecular weight excluding hydrogens is 333 g/mol. The number of benzene rings is 2. The molecule has 0 unspecified atom stereocenters. The summed E-state index contributed by atoms with van der Waals surface area (Å²) < 4.78 is 5.91. The minimum Gasteiger partial charge on any atom is -0.489 e. The third-order valence-electron chi connectivity index (χ3n) is 3.66. The summed E-state index contributed by atoms with van der Waals surface area (Å²) in [4.78, 5) is 0. The second-order valence-electron chi connectivity index (χ2n) is 5.30. The fourth-order valence-electron chi connectivity index (χ4n) is 2.19. The Bertz CT molecular complexity index is 630. The predicted molar refractivity (Wildman–Crippen MR) is 95.2 cm³/mol. The van der Waals surface area contributed by atoms with Gasteiger partial charge in [0, 0.05) is 33.8 Å². The summed E-state index contributed by atoms with van der Waals surface area (Å²) in [5.74, 6) is 0.759. The second-order valence-corrected chi connectivity index (χ2v) is 6.14. The van der Waals surface area contributed by atoms with Gasteiger partial charge in [0.2, 0.25) is 0 Å². The molecule has 0 aromatic heterocycles. The van der Waals surface area contributed by atoms with E-state index in [-0.39, 0.29) is 12.6 Å². The molecule has 0 aliphatic carbocycles. The molecule has 1 atom stereocenters. The maximum Gasteiger partial charge on any atom is 0.124 e. The number of halogens is 2. The van der Waals surface area contributed by atoms with Gasteiger partial charge in [0.25, 0.3) is 0 Å². The quantitative estimate of drug-likeness (QED) is 0.737. The number of rotatable bonds is 8. The minimum atomic E-state index is 0.0606. The Hall–Kier alpha value is -1.26. The van der Waals surface area contributed by atoms with E-state index >= 15 is 0 Å². The highest BCUT2D eigenvalue weighted by Crippen LogP contribution is 2.25. The Morgan fingerprint density at radius 1 is 1.13 bits per heavy atom. The van der Waals surface area contributed by atoms with Gasteiger partial charge in [-0.25, -0.2) is 0 Å². The third-order valence-corrected chi connectivity index (χ3v) is 4.26. The first kappa shape index (κ1) is 18.1. The number of nitrogens with one attached hydrogen (secondary N) is 1. The monoisotopic (exact) mass is 353 g/mol. The molecule has 0 spiro atoms. The van der Waals surface area contributed by atoms with E-state index in [4.69, 9.17) is 27.9 Å². The van der Waals surface area contributed by atoms with Crippen LogP contribution in [-0.4, -0.2) is 17.8 Å². The summed E-state index contributed by atoms with van der Waals surface area (Å²) in [5.41, 5.74) is 1.89. The zero-order valence-electron chi connectivity index (χ0n) is 13.1. The molecule has 124 valence electrons. The molecule has 0 radical (unpaired) electrons. The van der Waals surface area contributed by atoms with Crippen LogP contribution < -0.4 is 10.1 Å². The minimum absolute atomic E-state index is 0.0606. The molecule has 2 aromatic carbocycles. The van der Waals surface area contributed by atoms with E-state index < -0.39 is 0 Å². The lowest BCUT2D eigenvalue weighted by Crippen LogP contribution is -2.31. The lowest BCUT2D eigenvalue weighted by atomic mass is 10.1. The van der Waals surface area contributed by atoms with Crippen LogP contribution >= 0.6 is 23.2 Å². The molecule has 3 nitrogen and oxygen atoms in total. The van der Waals surface area contributed by atoms with Crippen molar-refractivity contribution in [2.45, 2.75) is 32.5 Å². The average Bonchev–Trinajstić information content (AvgIpc) is 2.56. The summed E-state index contributed by atoms with van der Waals surface area (Å²) in [6.45, 7) is 3.11. The number of ether oxygens (including phenoxy) is 1. The molecule has 0 bridgehead atoms. The number of hydrogen-bond acceptors (Lipinski definition) is 3. The lowest BCUT2D eigenvalue weighted by molar-refractivity contribution is 0.237. The second kappa shape index (κ2) is 9.14. The molecule has 5 heteroatoms. The first-order chi connectivity index (χ1) is 11.1. The molecule has 2 aromatic rings. The molecule has 2 rings (SSSR count). The zero-order chi connectivity index (χ0) is 16.7.